The number of hydrogen-bond acceptors (Lipinski definition) is 7. The number of hydrogen-bond donors (Lipinski definition) is 3. The van der Waals surface area contributed by atoms with Gasteiger partial charge >= 0.3 is 0 Å². The number of alkyl halides is 1. The number of aromatic nitrogens is 1. The molecule has 1 aliphatic carbocycles. The Morgan fingerprint density at radius 1 is 1.10 bits per heavy atom. The number of benzene rings is 2. The smallest absolute Gasteiger partial charge is 0.199 e. The molecule has 8 nitrogen and oxygen atoms in total. The maximum Gasteiger partial charge on any atom is 0.199 e. The Morgan fingerprint density at radius 2 is 1.80 bits per heavy atom. The van der Waals surface area contributed by atoms with Crippen molar-refractivity contribution in [2.24, 2.45) is 10.9 Å². The minimum atomic E-state index is -0.507. The van der Waals surface area contributed by atoms with Gasteiger partial charge in [0.15, 0.2) is 5.96 Å². The summed E-state index contributed by atoms with van der Waals surface area (Å²) in [6, 6.07) is 13.9. The average molecular weight is 570 g/mol. The summed E-state index contributed by atoms with van der Waals surface area (Å²) in [6.07, 6.45) is 3.98. The Hall–Kier alpha value is -3.37. The third kappa shape index (κ3) is 7.63. The van der Waals surface area contributed by atoms with Gasteiger partial charge in [0.05, 0.1) is 37.7 Å². The quantitative estimate of drug-likeness (QED) is 0.216. The highest BCUT2D eigenvalue weighted by Gasteiger charge is 2.24. The fourth-order valence-electron chi connectivity index (χ4n) is 4.86. The number of guanidine groups is 1. The summed E-state index contributed by atoms with van der Waals surface area (Å²) in [4.78, 5) is 11.6. The molecule has 0 atom stereocenters. The first-order valence-corrected chi connectivity index (χ1v) is 14.5. The highest BCUT2D eigenvalue weighted by Crippen LogP contribution is 2.31. The van der Waals surface area contributed by atoms with E-state index in [9.17, 15) is 9.50 Å². The predicted octanol–water partition coefficient (Wildman–Crippen LogP) is 5.19. The Bertz CT molecular complexity index is 1260. The van der Waals surface area contributed by atoms with Gasteiger partial charge in [0.25, 0.3) is 0 Å². The van der Waals surface area contributed by atoms with Crippen LogP contribution in [0.2, 0.25) is 0 Å². The van der Waals surface area contributed by atoms with Crippen LogP contribution in [0.3, 0.4) is 0 Å². The minimum absolute atomic E-state index is 0.195. The number of aliphatic hydroxyl groups is 1. The summed E-state index contributed by atoms with van der Waals surface area (Å²) in [6.45, 7) is 0.106. The van der Waals surface area contributed by atoms with E-state index >= 15 is 0 Å². The Kier molecular flexibility index (Phi) is 10.6. The van der Waals surface area contributed by atoms with E-state index in [1.165, 1.54) is 0 Å². The van der Waals surface area contributed by atoms with Crippen molar-refractivity contribution in [1.82, 2.24) is 20.5 Å². The van der Waals surface area contributed by atoms with Crippen molar-refractivity contribution < 1.29 is 19.0 Å². The molecule has 0 saturated heterocycles. The number of nitrogens with zero attached hydrogens (tertiary/aromatic N) is 3. The topological polar surface area (TPSA) is 91.2 Å². The average Bonchev–Trinajstić information content (AvgIpc) is 3.41. The molecule has 216 valence electrons. The molecule has 10 heteroatoms. The highest BCUT2D eigenvalue weighted by molar-refractivity contribution is 7.19. The Morgan fingerprint density at radius 3 is 2.40 bits per heavy atom. The molecule has 3 N–H and O–H groups in total. The van der Waals surface area contributed by atoms with Gasteiger partial charge in [0, 0.05) is 44.8 Å². The number of fused-ring (bicyclic) bond motifs is 1. The number of aliphatic hydroxyl groups excluding tert-OH is 1. The van der Waals surface area contributed by atoms with E-state index in [4.69, 9.17) is 19.5 Å². The van der Waals surface area contributed by atoms with Crippen molar-refractivity contribution in [3.05, 3.63) is 58.9 Å². The van der Waals surface area contributed by atoms with Gasteiger partial charge < -0.3 is 30.1 Å². The zero-order valence-electron chi connectivity index (χ0n) is 23.7. The number of ether oxygens (including phenoxy) is 2. The van der Waals surface area contributed by atoms with Crippen LogP contribution in [0.15, 0.2) is 53.3 Å². The molecule has 0 spiro atoms. The first kappa shape index (κ1) is 29.6. The molecular weight excluding hydrogens is 529 g/mol. The second kappa shape index (κ2) is 14.3. The molecule has 1 aromatic heterocycles. The van der Waals surface area contributed by atoms with E-state index in [0.29, 0.717) is 29.9 Å². The number of aliphatic imine (C=N–C) groups is 1. The van der Waals surface area contributed by atoms with E-state index in [1.807, 2.05) is 61.5 Å². The molecule has 4 rings (SSSR count). The van der Waals surface area contributed by atoms with Gasteiger partial charge in [-0.1, -0.05) is 12.1 Å². The van der Waals surface area contributed by atoms with Crippen LogP contribution in [0.4, 0.5) is 4.39 Å². The number of methoxy groups -OCH3 is 2. The lowest BCUT2D eigenvalue weighted by molar-refractivity contribution is 0.177. The van der Waals surface area contributed by atoms with Crippen LogP contribution in [0.25, 0.3) is 15.8 Å². The van der Waals surface area contributed by atoms with Crippen molar-refractivity contribution in [3.63, 3.8) is 0 Å². The normalized spacial score (nSPS) is 18.3. The van der Waals surface area contributed by atoms with Crippen LogP contribution in [0.1, 0.15) is 42.7 Å². The van der Waals surface area contributed by atoms with Crippen LogP contribution < -0.4 is 20.1 Å². The Balaban J connectivity index is 1.70. The molecule has 0 amide bonds. The number of para-hydroxylation sites is 1. The predicted molar refractivity (Wildman–Crippen MR) is 161 cm³/mol. The van der Waals surface area contributed by atoms with Crippen molar-refractivity contribution >= 4 is 33.1 Å². The van der Waals surface area contributed by atoms with E-state index in [1.54, 1.807) is 25.6 Å². The number of rotatable bonds is 11. The lowest BCUT2D eigenvalue weighted by Gasteiger charge is -2.31. The van der Waals surface area contributed by atoms with E-state index in [0.717, 1.165) is 57.9 Å². The van der Waals surface area contributed by atoms with Gasteiger partial charge in [-0.25, -0.2) is 9.98 Å². The van der Waals surface area contributed by atoms with Gasteiger partial charge in [-0.2, -0.15) is 0 Å². The monoisotopic (exact) mass is 569 g/mol. The summed E-state index contributed by atoms with van der Waals surface area (Å²) >= 11 is 1.56. The second-order valence-corrected chi connectivity index (χ2v) is 11.2. The zero-order valence-corrected chi connectivity index (χ0v) is 24.6. The lowest BCUT2D eigenvalue weighted by atomic mass is 9.86. The van der Waals surface area contributed by atoms with Crippen LogP contribution in [0.5, 0.6) is 11.5 Å². The molecular formula is C30H40FN5O3S. The van der Waals surface area contributed by atoms with E-state index < -0.39 is 6.67 Å². The molecule has 0 bridgehead atoms. The summed E-state index contributed by atoms with van der Waals surface area (Å²) in [5.74, 6) is 3.09. The van der Waals surface area contributed by atoms with Crippen LogP contribution in [0, 0.1) is 5.92 Å². The van der Waals surface area contributed by atoms with Crippen molar-refractivity contribution in [3.8, 4) is 11.5 Å². The molecule has 2 aromatic carbocycles. The second-order valence-electron chi connectivity index (χ2n) is 10.2. The van der Waals surface area contributed by atoms with E-state index in [-0.39, 0.29) is 19.1 Å². The first-order chi connectivity index (χ1) is 19.4. The highest BCUT2D eigenvalue weighted by atomic mass is 32.1. The van der Waals surface area contributed by atoms with Crippen LogP contribution >= 0.6 is 11.3 Å². The molecule has 1 aliphatic rings. The molecule has 1 heterocycles. The fourth-order valence-corrected chi connectivity index (χ4v) is 5.90. The number of allylic oxidation sites excluding steroid dienone is 1. The van der Waals surface area contributed by atoms with Gasteiger partial charge in [0.1, 0.15) is 22.3 Å². The fraction of sp³-hybridized carbons (Fsp3) is 0.467. The van der Waals surface area contributed by atoms with E-state index in [2.05, 4.69) is 10.6 Å². The molecule has 0 radical (unpaired) electrons. The molecule has 1 saturated carbocycles. The van der Waals surface area contributed by atoms with Crippen molar-refractivity contribution in [1.29, 1.82) is 0 Å². The van der Waals surface area contributed by atoms with Crippen LogP contribution in [-0.2, 0) is 6.54 Å². The standard InChI is InChI=1S/C30H40FN5O3S/c1-36(2)30(32-18-21-15-23(38-3)17-24(16-21)39-4)35-28(33-22-11-9-20(19-37)10-12-22)25(13-14-31)29-34-26-7-5-6-8-27(26)40-29/h5-8,15-17,20,22,33,37H,9-14,18-19H2,1-4H3,(H,32,35)/b28-25+. The first-order valence-electron chi connectivity index (χ1n) is 13.7. The molecule has 3 aromatic rings. The molecule has 1 fully saturated rings. The van der Waals surface area contributed by atoms with Gasteiger partial charge in [-0.05, 0) is 61.4 Å². The van der Waals surface area contributed by atoms with Crippen molar-refractivity contribution in [2.45, 2.75) is 44.7 Å². The van der Waals surface area contributed by atoms with Crippen LogP contribution in [-0.4, -0.2) is 68.6 Å². The maximum atomic E-state index is 14.0. The maximum absolute atomic E-state index is 14.0. The summed E-state index contributed by atoms with van der Waals surface area (Å²) in [5, 5.41) is 17.6. The van der Waals surface area contributed by atoms with Gasteiger partial charge in [-0.3, -0.25) is 4.39 Å². The van der Waals surface area contributed by atoms with Crippen molar-refractivity contribution in [2.75, 3.05) is 41.6 Å². The lowest BCUT2D eigenvalue weighted by Crippen LogP contribution is -2.44. The number of nitrogens with one attached hydrogen (secondary N) is 2. The zero-order chi connectivity index (χ0) is 28.5. The minimum Gasteiger partial charge on any atom is -0.497 e. The third-order valence-electron chi connectivity index (χ3n) is 7.13. The number of halogens is 1. The summed E-state index contributed by atoms with van der Waals surface area (Å²) < 4.78 is 25.9. The molecule has 0 aliphatic heterocycles. The number of thiazole rings is 1. The summed E-state index contributed by atoms with van der Waals surface area (Å²) in [7, 11) is 7.10. The Labute approximate surface area is 239 Å². The molecule has 0 unspecified atom stereocenters. The molecule has 40 heavy (non-hydrogen) atoms. The van der Waals surface area contributed by atoms with Gasteiger partial charge in [0.2, 0.25) is 0 Å². The largest absolute Gasteiger partial charge is 0.497 e. The summed E-state index contributed by atoms with van der Waals surface area (Å²) in [5.41, 5.74) is 2.63. The van der Waals surface area contributed by atoms with Gasteiger partial charge in [-0.15, -0.1) is 11.3 Å². The SMILES string of the molecule is COc1cc(CN=C(N/C(NC2CCC(CO)CC2)=C(\CCF)c2nc3ccccc3s2)N(C)C)cc(OC)c1. The third-order valence-corrected chi connectivity index (χ3v) is 8.23.